The summed E-state index contributed by atoms with van der Waals surface area (Å²) in [4.78, 5) is 21.7. The van der Waals surface area contributed by atoms with E-state index in [4.69, 9.17) is 0 Å². The molecule has 6 heteroatoms. The molecule has 2 fully saturated rings. The molecular weight excluding hydrogens is 268 g/mol. The maximum atomic E-state index is 12.2. The highest BCUT2D eigenvalue weighted by Gasteiger charge is 2.36. The van der Waals surface area contributed by atoms with E-state index in [1.165, 1.54) is 0 Å². The monoisotopic (exact) mass is 292 g/mol. The number of carbonyl (C=O) groups excluding carboxylic acids is 1. The average Bonchev–Trinajstić information content (AvgIpc) is 3.13. The Hall–Kier alpha value is -1.40. The van der Waals surface area contributed by atoms with E-state index in [1.54, 1.807) is 6.33 Å². The molecule has 0 aromatic carbocycles. The maximum absolute atomic E-state index is 12.2. The van der Waals surface area contributed by atoms with Gasteiger partial charge in [-0.25, -0.2) is 4.98 Å². The van der Waals surface area contributed by atoms with Gasteiger partial charge in [0.1, 0.15) is 0 Å². The molecule has 2 aliphatic rings. The molecule has 0 spiro atoms. The number of rotatable bonds is 4. The Morgan fingerprint density at radius 3 is 3.05 bits per heavy atom. The Labute approximate surface area is 124 Å². The van der Waals surface area contributed by atoms with Crippen LogP contribution in [-0.4, -0.2) is 57.2 Å². The standard InChI is InChI=1S/C15H24N4O2/c1-10-13(17-9-16-10)7-15(21)18-12-3-2-4-14(12)19-6-5-11(20)8-19/h9,11-12,14,20H,2-8H2,1H3,(H,16,17)(H,18,21)/t11?,12-,14+/m1/s1. The van der Waals surface area contributed by atoms with E-state index >= 15 is 0 Å². The number of nitrogens with one attached hydrogen (secondary N) is 2. The number of carbonyl (C=O) groups is 1. The molecule has 1 amide bonds. The number of β-amino-alcohol motifs (C(OH)–C–C–N with tert-alkyl or cyclic N) is 1. The van der Waals surface area contributed by atoms with Gasteiger partial charge in [-0.1, -0.05) is 0 Å². The fourth-order valence-electron chi connectivity index (χ4n) is 3.59. The summed E-state index contributed by atoms with van der Waals surface area (Å²) >= 11 is 0. The highest BCUT2D eigenvalue weighted by Crippen LogP contribution is 2.27. The van der Waals surface area contributed by atoms with Gasteiger partial charge in [0.2, 0.25) is 5.91 Å². The lowest BCUT2D eigenvalue weighted by molar-refractivity contribution is -0.121. The van der Waals surface area contributed by atoms with Gasteiger partial charge in [-0.3, -0.25) is 9.69 Å². The van der Waals surface area contributed by atoms with E-state index in [9.17, 15) is 9.90 Å². The summed E-state index contributed by atoms with van der Waals surface area (Å²) < 4.78 is 0. The first-order valence-corrected chi connectivity index (χ1v) is 7.84. The first-order valence-electron chi connectivity index (χ1n) is 7.84. The molecule has 3 N–H and O–H groups in total. The van der Waals surface area contributed by atoms with Gasteiger partial charge in [0.15, 0.2) is 0 Å². The molecule has 1 aliphatic heterocycles. The minimum atomic E-state index is -0.200. The van der Waals surface area contributed by atoms with Crippen LogP contribution in [0.3, 0.4) is 0 Å². The van der Waals surface area contributed by atoms with Gasteiger partial charge in [-0.05, 0) is 32.6 Å². The maximum Gasteiger partial charge on any atom is 0.226 e. The van der Waals surface area contributed by atoms with E-state index in [1.807, 2.05) is 6.92 Å². The second-order valence-electron chi connectivity index (χ2n) is 6.26. The summed E-state index contributed by atoms with van der Waals surface area (Å²) in [6.45, 7) is 3.62. The van der Waals surface area contributed by atoms with Crippen molar-refractivity contribution >= 4 is 5.91 Å². The first-order chi connectivity index (χ1) is 10.1. The fourth-order valence-corrected chi connectivity index (χ4v) is 3.59. The fraction of sp³-hybridized carbons (Fsp3) is 0.733. The smallest absolute Gasteiger partial charge is 0.226 e. The molecular formula is C15H24N4O2. The number of aliphatic hydroxyl groups excluding tert-OH is 1. The molecule has 0 radical (unpaired) electrons. The number of amides is 1. The number of hydrogen-bond acceptors (Lipinski definition) is 4. The lowest BCUT2D eigenvalue weighted by Crippen LogP contribution is -2.48. The van der Waals surface area contributed by atoms with Gasteiger partial charge in [0, 0.05) is 30.9 Å². The Kier molecular flexibility index (Phi) is 4.26. The average molecular weight is 292 g/mol. The lowest BCUT2D eigenvalue weighted by atomic mass is 10.1. The van der Waals surface area contributed by atoms with Crippen LogP contribution in [0.4, 0.5) is 0 Å². The molecule has 1 saturated heterocycles. The number of aryl methyl sites for hydroxylation is 1. The SMILES string of the molecule is Cc1[nH]cnc1CC(=O)N[C@@H]1CCC[C@@H]1N1CCC(O)C1. The summed E-state index contributed by atoms with van der Waals surface area (Å²) in [7, 11) is 0. The highest BCUT2D eigenvalue weighted by atomic mass is 16.3. The summed E-state index contributed by atoms with van der Waals surface area (Å²) in [5.74, 6) is 0.0434. The molecule has 3 rings (SSSR count). The van der Waals surface area contributed by atoms with Crippen molar-refractivity contribution in [2.24, 2.45) is 0 Å². The minimum absolute atomic E-state index is 0.0434. The highest BCUT2D eigenvalue weighted by molar-refractivity contribution is 5.78. The second kappa shape index (κ2) is 6.15. The van der Waals surface area contributed by atoms with Crippen molar-refractivity contribution in [1.82, 2.24) is 20.2 Å². The van der Waals surface area contributed by atoms with Crippen molar-refractivity contribution in [2.75, 3.05) is 13.1 Å². The van der Waals surface area contributed by atoms with E-state index in [2.05, 4.69) is 20.2 Å². The van der Waals surface area contributed by atoms with Crippen molar-refractivity contribution in [3.63, 3.8) is 0 Å². The van der Waals surface area contributed by atoms with Crippen LogP contribution in [0.5, 0.6) is 0 Å². The molecule has 0 bridgehead atoms. The van der Waals surface area contributed by atoms with Crippen molar-refractivity contribution in [3.8, 4) is 0 Å². The van der Waals surface area contributed by atoms with Crippen LogP contribution >= 0.6 is 0 Å². The van der Waals surface area contributed by atoms with Crippen LogP contribution in [0.25, 0.3) is 0 Å². The molecule has 21 heavy (non-hydrogen) atoms. The summed E-state index contributed by atoms with van der Waals surface area (Å²) in [5, 5.41) is 12.9. The van der Waals surface area contributed by atoms with Crippen LogP contribution in [0.1, 0.15) is 37.1 Å². The summed E-state index contributed by atoms with van der Waals surface area (Å²) in [5.41, 5.74) is 1.77. The quantitative estimate of drug-likeness (QED) is 0.749. The molecule has 1 saturated carbocycles. The number of likely N-dealkylation sites (tertiary alicyclic amines) is 1. The Balaban J connectivity index is 1.56. The van der Waals surface area contributed by atoms with Gasteiger partial charge >= 0.3 is 0 Å². The Bertz CT molecular complexity index is 502. The van der Waals surface area contributed by atoms with E-state index < -0.39 is 0 Å². The van der Waals surface area contributed by atoms with Crippen LogP contribution in [0.15, 0.2) is 6.33 Å². The van der Waals surface area contributed by atoms with Crippen LogP contribution < -0.4 is 5.32 Å². The molecule has 2 heterocycles. The van der Waals surface area contributed by atoms with E-state index in [0.717, 1.165) is 50.2 Å². The number of hydrogen-bond donors (Lipinski definition) is 3. The molecule has 1 aromatic rings. The van der Waals surface area contributed by atoms with Gasteiger partial charge in [-0.15, -0.1) is 0 Å². The van der Waals surface area contributed by atoms with Crippen molar-refractivity contribution in [3.05, 3.63) is 17.7 Å². The summed E-state index contributed by atoms with van der Waals surface area (Å²) in [6, 6.07) is 0.591. The molecule has 1 aliphatic carbocycles. The molecule has 1 unspecified atom stereocenters. The van der Waals surface area contributed by atoms with Gasteiger partial charge in [0.25, 0.3) is 0 Å². The van der Waals surface area contributed by atoms with Gasteiger partial charge < -0.3 is 15.4 Å². The molecule has 116 valence electrons. The third-order valence-electron chi connectivity index (χ3n) is 4.75. The second-order valence-corrected chi connectivity index (χ2v) is 6.26. The third-order valence-corrected chi connectivity index (χ3v) is 4.75. The number of aromatic amines is 1. The molecule has 1 aromatic heterocycles. The summed E-state index contributed by atoms with van der Waals surface area (Å²) in [6.07, 6.45) is 5.89. The Morgan fingerprint density at radius 1 is 1.52 bits per heavy atom. The van der Waals surface area contributed by atoms with E-state index in [0.29, 0.717) is 12.5 Å². The number of aliphatic hydroxyl groups is 1. The third kappa shape index (κ3) is 3.27. The zero-order chi connectivity index (χ0) is 14.8. The van der Waals surface area contributed by atoms with Crippen LogP contribution in [0.2, 0.25) is 0 Å². The number of aromatic nitrogens is 2. The zero-order valence-electron chi connectivity index (χ0n) is 12.5. The number of imidazole rings is 1. The normalized spacial score (nSPS) is 29.9. The van der Waals surface area contributed by atoms with Gasteiger partial charge in [-0.2, -0.15) is 0 Å². The van der Waals surface area contributed by atoms with Gasteiger partial charge in [0.05, 0.1) is 24.5 Å². The topological polar surface area (TPSA) is 81.2 Å². The lowest BCUT2D eigenvalue weighted by Gasteiger charge is -2.29. The number of nitrogens with zero attached hydrogens (tertiary/aromatic N) is 2. The minimum Gasteiger partial charge on any atom is -0.392 e. The van der Waals surface area contributed by atoms with Crippen LogP contribution in [0, 0.1) is 6.92 Å². The number of H-pyrrole nitrogens is 1. The van der Waals surface area contributed by atoms with Crippen LogP contribution in [-0.2, 0) is 11.2 Å². The predicted molar refractivity (Wildman–Crippen MR) is 78.8 cm³/mol. The largest absolute Gasteiger partial charge is 0.392 e. The molecule has 6 nitrogen and oxygen atoms in total. The Morgan fingerprint density at radius 2 is 2.38 bits per heavy atom. The molecule has 3 atom stereocenters. The predicted octanol–water partition coefficient (Wildman–Crippen LogP) is 0.365. The van der Waals surface area contributed by atoms with Crippen molar-refractivity contribution < 1.29 is 9.90 Å². The zero-order valence-corrected chi connectivity index (χ0v) is 12.5. The first kappa shape index (κ1) is 14.5. The van der Waals surface area contributed by atoms with Crippen molar-refractivity contribution in [1.29, 1.82) is 0 Å². The van der Waals surface area contributed by atoms with E-state index in [-0.39, 0.29) is 18.1 Å². The van der Waals surface area contributed by atoms with Crippen molar-refractivity contribution in [2.45, 2.75) is 57.2 Å².